The second-order valence-corrected chi connectivity index (χ2v) is 5.57. The van der Waals surface area contributed by atoms with Gasteiger partial charge in [-0.15, -0.1) is 0 Å². The van der Waals surface area contributed by atoms with Gasteiger partial charge in [0.05, 0.1) is 16.4 Å². The zero-order chi connectivity index (χ0) is 15.1. The molecule has 0 fully saturated rings. The Labute approximate surface area is 132 Å². The molecule has 110 valence electrons. The lowest BCUT2D eigenvalue weighted by Crippen LogP contribution is -2.13. The van der Waals surface area contributed by atoms with E-state index in [0.29, 0.717) is 11.4 Å². The number of ether oxygens (including phenoxy) is 2. The van der Waals surface area contributed by atoms with Crippen LogP contribution in [-0.4, -0.2) is 21.2 Å². The van der Waals surface area contributed by atoms with Crippen LogP contribution >= 0.6 is 12.2 Å². The molecule has 2 N–H and O–H groups in total. The molecule has 0 unspecified atom stereocenters. The number of nitrogens with zero attached hydrogens (tertiary/aromatic N) is 2. The van der Waals surface area contributed by atoms with Crippen molar-refractivity contribution in [3.05, 3.63) is 48.3 Å². The van der Waals surface area contributed by atoms with E-state index in [2.05, 4.69) is 0 Å². The predicted molar refractivity (Wildman–Crippen MR) is 87.2 cm³/mol. The summed E-state index contributed by atoms with van der Waals surface area (Å²) in [5, 5.41) is 0. The van der Waals surface area contributed by atoms with Gasteiger partial charge in [-0.2, -0.15) is 0 Å². The molecule has 0 spiro atoms. The summed E-state index contributed by atoms with van der Waals surface area (Å²) >= 11 is 5.09. The van der Waals surface area contributed by atoms with Crippen LogP contribution in [0.1, 0.15) is 5.69 Å². The normalized spacial score (nSPS) is 12.7. The minimum absolute atomic E-state index is 0.254. The van der Waals surface area contributed by atoms with Crippen molar-refractivity contribution in [2.75, 3.05) is 6.79 Å². The first-order valence-corrected chi connectivity index (χ1v) is 7.27. The maximum Gasteiger partial charge on any atom is 0.231 e. The first-order valence-electron chi connectivity index (χ1n) is 6.86. The standard InChI is InChI=1S/C16H13N3O2S/c17-14(22)8-11-16(18-15-3-1-2-6-19(11)15)10-4-5-12-13(7-10)21-9-20-12/h1-7H,8-9H2,(H2,17,22). The highest BCUT2D eigenvalue weighted by Gasteiger charge is 2.18. The number of aromatic nitrogens is 2. The van der Waals surface area contributed by atoms with E-state index in [9.17, 15) is 0 Å². The molecule has 1 aliphatic rings. The highest BCUT2D eigenvalue weighted by molar-refractivity contribution is 7.80. The summed E-state index contributed by atoms with van der Waals surface area (Å²) < 4.78 is 12.8. The minimum atomic E-state index is 0.254. The van der Waals surface area contributed by atoms with Crippen LogP contribution in [-0.2, 0) is 6.42 Å². The molecular weight excluding hydrogens is 298 g/mol. The lowest BCUT2D eigenvalue weighted by Gasteiger charge is -2.05. The molecule has 1 aliphatic heterocycles. The molecule has 1 aromatic carbocycles. The smallest absolute Gasteiger partial charge is 0.231 e. The molecule has 0 saturated carbocycles. The molecule has 0 bridgehead atoms. The number of thiocarbonyl (C=S) groups is 1. The van der Waals surface area contributed by atoms with Crippen molar-refractivity contribution in [1.82, 2.24) is 9.38 Å². The number of hydrogen-bond donors (Lipinski definition) is 1. The largest absolute Gasteiger partial charge is 0.454 e. The Balaban J connectivity index is 1.92. The van der Waals surface area contributed by atoms with Gasteiger partial charge in [-0.25, -0.2) is 4.98 Å². The third-order valence-electron chi connectivity index (χ3n) is 3.62. The molecule has 22 heavy (non-hydrogen) atoms. The lowest BCUT2D eigenvalue weighted by molar-refractivity contribution is 0.174. The number of fused-ring (bicyclic) bond motifs is 2. The monoisotopic (exact) mass is 311 g/mol. The summed E-state index contributed by atoms with van der Waals surface area (Å²) in [5.74, 6) is 1.49. The van der Waals surface area contributed by atoms with E-state index < -0.39 is 0 Å². The highest BCUT2D eigenvalue weighted by atomic mass is 32.1. The molecule has 0 atom stereocenters. The van der Waals surface area contributed by atoms with E-state index in [0.717, 1.165) is 34.1 Å². The van der Waals surface area contributed by atoms with Crippen LogP contribution in [0.15, 0.2) is 42.6 Å². The molecule has 0 saturated heterocycles. The lowest BCUT2D eigenvalue weighted by atomic mass is 10.1. The zero-order valence-corrected chi connectivity index (χ0v) is 12.5. The summed E-state index contributed by atoms with van der Waals surface area (Å²) in [6.45, 7) is 0.254. The molecule has 4 rings (SSSR count). The van der Waals surface area contributed by atoms with Gasteiger partial charge in [-0.3, -0.25) is 0 Å². The summed E-state index contributed by atoms with van der Waals surface area (Å²) in [6.07, 6.45) is 2.46. The Morgan fingerprint density at radius 2 is 2.09 bits per heavy atom. The van der Waals surface area contributed by atoms with Crippen LogP contribution in [0.2, 0.25) is 0 Å². The Morgan fingerprint density at radius 1 is 1.23 bits per heavy atom. The van der Waals surface area contributed by atoms with Gasteiger partial charge in [0.25, 0.3) is 0 Å². The number of nitrogens with two attached hydrogens (primary N) is 1. The van der Waals surface area contributed by atoms with E-state index in [1.807, 2.05) is 47.0 Å². The van der Waals surface area contributed by atoms with E-state index in [1.165, 1.54) is 0 Å². The third kappa shape index (κ3) is 2.08. The van der Waals surface area contributed by atoms with Crippen LogP contribution in [0.25, 0.3) is 16.9 Å². The van der Waals surface area contributed by atoms with Crippen LogP contribution in [0.3, 0.4) is 0 Å². The van der Waals surface area contributed by atoms with E-state index in [-0.39, 0.29) is 6.79 Å². The second-order valence-electron chi connectivity index (χ2n) is 5.05. The molecule has 2 aromatic heterocycles. The van der Waals surface area contributed by atoms with Crippen molar-refractivity contribution in [3.63, 3.8) is 0 Å². The molecule has 0 radical (unpaired) electrons. The van der Waals surface area contributed by atoms with Crippen molar-refractivity contribution in [2.45, 2.75) is 6.42 Å². The van der Waals surface area contributed by atoms with Crippen molar-refractivity contribution in [2.24, 2.45) is 5.73 Å². The van der Waals surface area contributed by atoms with E-state index in [4.69, 9.17) is 32.4 Å². The van der Waals surface area contributed by atoms with Crippen molar-refractivity contribution in [3.8, 4) is 22.8 Å². The average molecular weight is 311 g/mol. The Morgan fingerprint density at radius 3 is 2.95 bits per heavy atom. The number of hydrogen-bond acceptors (Lipinski definition) is 4. The fourth-order valence-corrected chi connectivity index (χ4v) is 2.79. The highest BCUT2D eigenvalue weighted by Crippen LogP contribution is 2.36. The van der Waals surface area contributed by atoms with Gasteiger partial charge in [0.2, 0.25) is 6.79 Å². The van der Waals surface area contributed by atoms with Crippen LogP contribution in [0.4, 0.5) is 0 Å². The third-order valence-corrected chi connectivity index (χ3v) is 3.76. The quantitative estimate of drug-likeness (QED) is 0.753. The minimum Gasteiger partial charge on any atom is -0.454 e. The van der Waals surface area contributed by atoms with Crippen LogP contribution in [0.5, 0.6) is 11.5 Å². The first kappa shape index (κ1) is 13.1. The maximum atomic E-state index is 5.76. The van der Waals surface area contributed by atoms with Gasteiger partial charge in [0.1, 0.15) is 5.65 Å². The summed E-state index contributed by atoms with van der Waals surface area (Å²) in [4.78, 5) is 5.15. The number of pyridine rings is 1. The van der Waals surface area contributed by atoms with E-state index >= 15 is 0 Å². The zero-order valence-electron chi connectivity index (χ0n) is 11.7. The fourth-order valence-electron chi connectivity index (χ4n) is 2.66. The van der Waals surface area contributed by atoms with Gasteiger partial charge in [0, 0.05) is 18.2 Å². The average Bonchev–Trinajstić information content (AvgIpc) is 3.11. The van der Waals surface area contributed by atoms with Crippen LogP contribution < -0.4 is 15.2 Å². The fraction of sp³-hybridized carbons (Fsp3) is 0.125. The van der Waals surface area contributed by atoms with Crippen molar-refractivity contribution >= 4 is 22.9 Å². The Hall–Kier alpha value is -2.60. The van der Waals surface area contributed by atoms with Gasteiger partial charge >= 0.3 is 0 Å². The topological polar surface area (TPSA) is 61.8 Å². The summed E-state index contributed by atoms with van der Waals surface area (Å²) in [6, 6.07) is 11.7. The second kappa shape index (κ2) is 4.99. The first-order chi connectivity index (χ1) is 10.7. The van der Waals surface area contributed by atoms with E-state index in [1.54, 1.807) is 0 Å². The Bertz CT molecular complexity index is 888. The van der Waals surface area contributed by atoms with Gasteiger partial charge in [-0.1, -0.05) is 18.3 Å². The molecule has 3 heterocycles. The molecule has 6 heteroatoms. The number of imidazole rings is 1. The molecule has 0 aliphatic carbocycles. The summed E-state index contributed by atoms with van der Waals surface area (Å²) in [7, 11) is 0. The number of benzene rings is 1. The van der Waals surface area contributed by atoms with Gasteiger partial charge < -0.3 is 19.6 Å². The predicted octanol–water partition coefficient (Wildman–Crippen LogP) is 2.56. The Kier molecular flexibility index (Phi) is 2.97. The van der Waals surface area contributed by atoms with Crippen LogP contribution in [0, 0.1) is 0 Å². The summed E-state index contributed by atoms with van der Waals surface area (Å²) in [5.41, 5.74) is 9.41. The molecule has 0 amide bonds. The maximum absolute atomic E-state index is 5.76. The van der Waals surface area contributed by atoms with Crippen molar-refractivity contribution in [1.29, 1.82) is 0 Å². The van der Waals surface area contributed by atoms with Gasteiger partial charge in [-0.05, 0) is 30.3 Å². The molecule has 5 nitrogen and oxygen atoms in total. The van der Waals surface area contributed by atoms with Gasteiger partial charge in [0.15, 0.2) is 11.5 Å². The van der Waals surface area contributed by atoms with Crippen molar-refractivity contribution < 1.29 is 9.47 Å². The SMILES string of the molecule is NC(=S)Cc1c(-c2ccc3c(c2)OCO3)nc2ccccn12. The number of rotatable bonds is 3. The molecule has 3 aromatic rings. The molecular formula is C16H13N3O2S.